The lowest BCUT2D eigenvalue weighted by atomic mass is 10.3. The van der Waals surface area contributed by atoms with Crippen LogP contribution >= 0.6 is 0 Å². The van der Waals surface area contributed by atoms with E-state index in [-0.39, 0.29) is 0 Å². The van der Waals surface area contributed by atoms with Gasteiger partial charge in [-0.15, -0.1) is 0 Å². The monoisotopic (exact) mass is 177 g/mol. The Hall–Kier alpha value is -0.810. The van der Waals surface area contributed by atoms with E-state index in [0.717, 1.165) is 6.42 Å². The van der Waals surface area contributed by atoms with Crippen molar-refractivity contribution in [1.82, 2.24) is 0 Å². The summed E-state index contributed by atoms with van der Waals surface area (Å²) in [6.07, 6.45) is 0.296. The molecule has 2 N–H and O–H groups in total. The van der Waals surface area contributed by atoms with Gasteiger partial charge in [-0.25, -0.2) is 4.79 Å². The minimum atomic E-state index is -1.32. The van der Waals surface area contributed by atoms with Gasteiger partial charge in [0, 0.05) is 20.6 Å². The highest BCUT2D eigenvalue weighted by Crippen LogP contribution is 2.19. The van der Waals surface area contributed by atoms with E-state index < -0.39 is 12.1 Å². The first-order chi connectivity index (χ1) is 5.60. The number of rotatable bonds is 5. The maximum absolute atomic E-state index is 10.4. The molecule has 72 valence electrons. The normalized spacial score (nSPS) is 11.2. The van der Waals surface area contributed by atoms with Gasteiger partial charge in [0.15, 0.2) is 0 Å². The van der Waals surface area contributed by atoms with Crippen LogP contribution < -0.4 is 5.73 Å². The topological polar surface area (TPSA) is 70.8 Å². The molecule has 0 rings (SSSR count). The van der Waals surface area contributed by atoms with Gasteiger partial charge in [-0.1, -0.05) is 6.92 Å². The van der Waals surface area contributed by atoms with Crippen LogP contribution in [-0.4, -0.2) is 26.3 Å². The van der Waals surface area contributed by atoms with Crippen LogP contribution in [0.15, 0.2) is 0 Å². The van der Waals surface area contributed by atoms with E-state index in [4.69, 9.17) is 15.2 Å². The molecule has 0 aromatic heterocycles. The van der Waals surface area contributed by atoms with E-state index in [2.05, 4.69) is 4.74 Å². The van der Waals surface area contributed by atoms with Crippen molar-refractivity contribution in [3.8, 4) is 0 Å². The van der Waals surface area contributed by atoms with Crippen LogP contribution in [0.2, 0.25) is 0 Å². The number of hydrogen-bond acceptors (Lipinski definition) is 4. The summed E-state index contributed by atoms with van der Waals surface area (Å²) in [6, 6.07) is 0. The Labute approximate surface area is 71.8 Å². The van der Waals surface area contributed by atoms with Crippen molar-refractivity contribution in [3.05, 3.63) is 0 Å². The fourth-order valence-corrected chi connectivity index (χ4v) is 0.881. The van der Waals surface area contributed by atoms with Crippen LogP contribution in [0.1, 0.15) is 19.8 Å². The molecule has 1 amide bonds. The number of carbonyl (C=O) groups excluding carboxylic acids is 1. The molecule has 0 saturated heterocycles. The van der Waals surface area contributed by atoms with Gasteiger partial charge >= 0.3 is 12.1 Å². The van der Waals surface area contributed by atoms with Crippen LogP contribution in [0, 0.1) is 0 Å². The number of primary amides is 1. The molecule has 0 heterocycles. The zero-order valence-corrected chi connectivity index (χ0v) is 7.62. The van der Waals surface area contributed by atoms with E-state index in [1.54, 1.807) is 0 Å². The van der Waals surface area contributed by atoms with Crippen molar-refractivity contribution in [1.29, 1.82) is 0 Å². The third-order valence-electron chi connectivity index (χ3n) is 1.43. The first kappa shape index (κ1) is 11.2. The number of nitrogens with two attached hydrogens (primary N) is 1. The third kappa shape index (κ3) is 3.06. The smallest absolute Gasteiger partial charge is 0.391 e. The van der Waals surface area contributed by atoms with Crippen LogP contribution in [0.25, 0.3) is 0 Å². The van der Waals surface area contributed by atoms with Crippen molar-refractivity contribution in [2.24, 2.45) is 5.73 Å². The first-order valence-electron chi connectivity index (χ1n) is 3.69. The Morgan fingerprint density at radius 1 is 1.42 bits per heavy atom. The molecular formula is C7H15NO4. The second-order valence-electron chi connectivity index (χ2n) is 2.26. The van der Waals surface area contributed by atoms with Crippen LogP contribution in [0.3, 0.4) is 0 Å². The second-order valence-corrected chi connectivity index (χ2v) is 2.26. The standard InChI is InChI=1S/C7H15NO4/c1-4-5-7(10-2,11-3)12-6(8)9/h4-5H2,1-3H3,(H2,8,9). The van der Waals surface area contributed by atoms with E-state index in [1.165, 1.54) is 14.2 Å². The highest BCUT2D eigenvalue weighted by Gasteiger charge is 2.32. The summed E-state index contributed by atoms with van der Waals surface area (Å²) in [6.45, 7) is 1.91. The van der Waals surface area contributed by atoms with Gasteiger partial charge in [0.25, 0.3) is 0 Å². The van der Waals surface area contributed by atoms with Crippen molar-refractivity contribution >= 4 is 6.09 Å². The average Bonchev–Trinajstić information content (AvgIpc) is 2.03. The van der Waals surface area contributed by atoms with Crippen LogP contribution in [0.4, 0.5) is 4.79 Å². The number of hydrogen-bond donors (Lipinski definition) is 1. The molecule has 0 bridgehead atoms. The fraction of sp³-hybridized carbons (Fsp3) is 0.857. The van der Waals surface area contributed by atoms with Crippen molar-refractivity contribution in [3.63, 3.8) is 0 Å². The van der Waals surface area contributed by atoms with E-state index in [1.807, 2.05) is 6.92 Å². The summed E-state index contributed by atoms with van der Waals surface area (Å²) < 4.78 is 14.5. The van der Waals surface area contributed by atoms with Gasteiger partial charge < -0.3 is 19.9 Å². The molecule has 0 fully saturated rings. The average molecular weight is 177 g/mol. The lowest BCUT2D eigenvalue weighted by Gasteiger charge is -2.28. The lowest BCUT2D eigenvalue weighted by molar-refractivity contribution is -0.337. The highest BCUT2D eigenvalue weighted by molar-refractivity contribution is 5.64. The highest BCUT2D eigenvalue weighted by atomic mass is 16.9. The van der Waals surface area contributed by atoms with Crippen LogP contribution in [0.5, 0.6) is 0 Å². The molecule has 0 aromatic carbocycles. The summed E-state index contributed by atoms with van der Waals surface area (Å²) >= 11 is 0. The Morgan fingerprint density at radius 3 is 2.17 bits per heavy atom. The number of carbonyl (C=O) groups is 1. The Morgan fingerprint density at radius 2 is 1.92 bits per heavy atom. The maximum Gasteiger partial charge on any atom is 0.408 e. The van der Waals surface area contributed by atoms with Gasteiger partial charge in [-0.3, -0.25) is 0 Å². The SMILES string of the molecule is CCCC(OC)(OC)OC(N)=O. The summed E-state index contributed by atoms with van der Waals surface area (Å²) in [5.74, 6) is -1.32. The fourth-order valence-electron chi connectivity index (χ4n) is 0.881. The number of ether oxygens (including phenoxy) is 3. The van der Waals surface area contributed by atoms with Crippen molar-refractivity contribution < 1.29 is 19.0 Å². The minimum Gasteiger partial charge on any atom is -0.391 e. The summed E-state index contributed by atoms with van der Waals surface area (Å²) in [4.78, 5) is 10.4. The molecule has 0 aliphatic rings. The molecule has 0 spiro atoms. The molecule has 0 atom stereocenters. The van der Waals surface area contributed by atoms with E-state index in [0.29, 0.717) is 6.42 Å². The molecule has 5 heteroatoms. The molecule has 0 saturated carbocycles. The summed E-state index contributed by atoms with van der Waals surface area (Å²) in [5, 5.41) is 0. The molecule has 0 aromatic rings. The molecular weight excluding hydrogens is 162 g/mol. The van der Waals surface area contributed by atoms with Crippen molar-refractivity contribution in [2.75, 3.05) is 14.2 Å². The molecule has 0 radical (unpaired) electrons. The third-order valence-corrected chi connectivity index (χ3v) is 1.43. The summed E-state index contributed by atoms with van der Waals surface area (Å²) in [7, 11) is 2.78. The Balaban J connectivity index is 4.23. The van der Waals surface area contributed by atoms with E-state index in [9.17, 15) is 4.79 Å². The summed E-state index contributed by atoms with van der Waals surface area (Å²) in [5.41, 5.74) is 4.84. The zero-order valence-electron chi connectivity index (χ0n) is 7.62. The Bertz CT molecular complexity index is 144. The van der Waals surface area contributed by atoms with Gasteiger partial charge in [0.05, 0.1) is 0 Å². The van der Waals surface area contributed by atoms with Crippen molar-refractivity contribution in [2.45, 2.75) is 25.7 Å². The Kier molecular flexibility index (Phi) is 4.61. The molecule has 0 aliphatic heterocycles. The molecule has 0 aliphatic carbocycles. The second kappa shape index (κ2) is 4.95. The lowest BCUT2D eigenvalue weighted by Crippen LogP contribution is -2.40. The largest absolute Gasteiger partial charge is 0.408 e. The van der Waals surface area contributed by atoms with Gasteiger partial charge in [-0.2, -0.15) is 0 Å². The van der Waals surface area contributed by atoms with Gasteiger partial charge in [0.2, 0.25) is 0 Å². The minimum absolute atomic E-state index is 0.447. The molecule has 5 nitrogen and oxygen atoms in total. The number of amides is 1. The predicted octanol–water partition coefficient (Wildman–Crippen LogP) is 0.828. The van der Waals surface area contributed by atoms with Gasteiger partial charge in [0.1, 0.15) is 0 Å². The molecule has 12 heavy (non-hydrogen) atoms. The quantitative estimate of drug-likeness (QED) is 0.631. The number of methoxy groups -OCH3 is 2. The maximum atomic E-state index is 10.4. The predicted molar refractivity (Wildman–Crippen MR) is 42.3 cm³/mol. The van der Waals surface area contributed by atoms with Gasteiger partial charge in [-0.05, 0) is 6.42 Å². The first-order valence-corrected chi connectivity index (χ1v) is 3.69. The zero-order chi connectivity index (χ0) is 9.61. The molecule has 0 unspecified atom stereocenters. The van der Waals surface area contributed by atoms with E-state index >= 15 is 0 Å². The van der Waals surface area contributed by atoms with Crippen LogP contribution in [-0.2, 0) is 14.2 Å².